The van der Waals surface area contributed by atoms with Gasteiger partial charge in [-0.15, -0.1) is 0 Å². The minimum Gasteiger partial charge on any atom is -0.343 e. The molecule has 0 saturated heterocycles. The number of hydrogen-bond acceptors (Lipinski definition) is 2. The average Bonchev–Trinajstić information content (AvgIpc) is 1.83. The van der Waals surface area contributed by atoms with Gasteiger partial charge in [-0.1, -0.05) is 13.8 Å². The van der Waals surface area contributed by atoms with E-state index in [9.17, 15) is 9.46 Å². The van der Waals surface area contributed by atoms with Crippen molar-refractivity contribution in [2.24, 2.45) is 5.92 Å². The largest absolute Gasteiger partial charge is 0.343 e. The molecule has 0 rings (SSSR count). The number of hydrogen-bond donors (Lipinski definition) is 2. The van der Waals surface area contributed by atoms with Crippen molar-refractivity contribution in [1.29, 1.82) is 0 Å². The molecular formula is C7H18NO2P. The zero-order valence-corrected chi connectivity index (χ0v) is 8.56. The van der Waals surface area contributed by atoms with E-state index >= 15 is 0 Å². The summed E-state index contributed by atoms with van der Waals surface area (Å²) >= 11 is 0. The molecule has 0 radical (unpaired) electrons. The molecule has 0 aromatic carbocycles. The van der Waals surface area contributed by atoms with E-state index in [-0.39, 0.29) is 11.7 Å². The van der Waals surface area contributed by atoms with Gasteiger partial charge in [0.05, 0.1) is 5.78 Å². The monoisotopic (exact) mass is 179 g/mol. The first-order chi connectivity index (χ1) is 4.90. The maximum atomic E-state index is 11.4. The minimum absolute atomic E-state index is 0.279. The zero-order valence-electron chi connectivity index (χ0n) is 7.66. The van der Waals surface area contributed by atoms with Gasteiger partial charge in [-0.05, 0) is 19.9 Å². The fourth-order valence-corrected chi connectivity index (χ4v) is 2.65. The summed E-state index contributed by atoms with van der Waals surface area (Å²) in [5, 5.41) is 2.80. The molecule has 4 heteroatoms. The summed E-state index contributed by atoms with van der Waals surface area (Å²) < 4.78 is 11.4. The summed E-state index contributed by atoms with van der Waals surface area (Å²) in [6.07, 6.45) is 0.398. The first kappa shape index (κ1) is 11.2. The summed E-state index contributed by atoms with van der Waals surface area (Å²) in [5.74, 6) is -0.00784. The van der Waals surface area contributed by atoms with Gasteiger partial charge in [-0.3, -0.25) is 4.57 Å². The standard InChI is InChI=1S/C7H18NO2P/c1-6(2)5-11(9,10)7(3)8-4/h6-8H,5H2,1-4H3,(H,9,10). The van der Waals surface area contributed by atoms with Crippen LogP contribution in [0.5, 0.6) is 0 Å². The highest BCUT2D eigenvalue weighted by Crippen LogP contribution is 2.46. The molecule has 0 aliphatic rings. The lowest BCUT2D eigenvalue weighted by Gasteiger charge is -2.19. The normalized spacial score (nSPS) is 19.8. The summed E-state index contributed by atoms with van der Waals surface area (Å²) in [6, 6.07) is 0. The van der Waals surface area contributed by atoms with Crippen LogP contribution >= 0.6 is 7.37 Å². The molecule has 0 bridgehead atoms. The van der Waals surface area contributed by atoms with E-state index in [1.807, 2.05) is 13.8 Å². The topological polar surface area (TPSA) is 49.3 Å². The van der Waals surface area contributed by atoms with Crippen molar-refractivity contribution in [3.05, 3.63) is 0 Å². The Kier molecular flexibility index (Phi) is 4.30. The zero-order chi connectivity index (χ0) is 9.07. The van der Waals surface area contributed by atoms with E-state index in [2.05, 4.69) is 5.32 Å². The lowest BCUT2D eigenvalue weighted by molar-refractivity contribution is 0.448. The molecule has 0 fully saturated rings. The number of nitrogens with one attached hydrogen (secondary N) is 1. The van der Waals surface area contributed by atoms with E-state index in [1.165, 1.54) is 0 Å². The Hall–Kier alpha value is 0.150. The quantitative estimate of drug-likeness (QED) is 0.642. The van der Waals surface area contributed by atoms with Crippen molar-refractivity contribution in [2.75, 3.05) is 13.2 Å². The van der Waals surface area contributed by atoms with Gasteiger partial charge in [0.15, 0.2) is 0 Å². The summed E-state index contributed by atoms with van der Waals surface area (Å²) in [5.41, 5.74) is 0. The van der Waals surface area contributed by atoms with Crippen LogP contribution in [0.15, 0.2) is 0 Å². The predicted octanol–water partition coefficient (Wildman–Crippen LogP) is 1.48. The smallest absolute Gasteiger partial charge is 0.216 e. The SMILES string of the molecule is CNC(C)P(=O)(O)CC(C)C. The van der Waals surface area contributed by atoms with Gasteiger partial charge in [0.2, 0.25) is 7.37 Å². The molecule has 11 heavy (non-hydrogen) atoms. The second-order valence-electron chi connectivity index (χ2n) is 3.30. The van der Waals surface area contributed by atoms with Crippen molar-refractivity contribution < 1.29 is 9.46 Å². The van der Waals surface area contributed by atoms with E-state index in [0.29, 0.717) is 6.16 Å². The van der Waals surface area contributed by atoms with Gasteiger partial charge in [0, 0.05) is 6.16 Å². The molecule has 68 valence electrons. The highest BCUT2D eigenvalue weighted by atomic mass is 31.2. The fraction of sp³-hybridized carbons (Fsp3) is 1.00. The molecule has 0 aromatic heterocycles. The van der Waals surface area contributed by atoms with Gasteiger partial charge in [0.25, 0.3) is 0 Å². The molecule has 0 aliphatic heterocycles. The highest BCUT2D eigenvalue weighted by Gasteiger charge is 2.26. The van der Waals surface area contributed by atoms with Gasteiger partial charge < -0.3 is 10.2 Å². The lowest BCUT2D eigenvalue weighted by Crippen LogP contribution is -2.23. The molecule has 3 nitrogen and oxygen atoms in total. The van der Waals surface area contributed by atoms with Crippen LogP contribution in [0.1, 0.15) is 20.8 Å². The van der Waals surface area contributed by atoms with Crippen molar-refractivity contribution in [2.45, 2.75) is 26.6 Å². The third-order valence-electron chi connectivity index (χ3n) is 1.65. The van der Waals surface area contributed by atoms with E-state index < -0.39 is 7.37 Å². The Morgan fingerprint density at radius 2 is 1.91 bits per heavy atom. The first-order valence-corrected chi connectivity index (χ1v) is 5.80. The van der Waals surface area contributed by atoms with Crippen molar-refractivity contribution in [3.63, 3.8) is 0 Å². The Morgan fingerprint density at radius 3 is 2.18 bits per heavy atom. The van der Waals surface area contributed by atoms with Crippen LogP contribution in [0.3, 0.4) is 0 Å². The second-order valence-corrected chi connectivity index (χ2v) is 5.95. The van der Waals surface area contributed by atoms with E-state index in [4.69, 9.17) is 0 Å². The van der Waals surface area contributed by atoms with Gasteiger partial charge in [-0.25, -0.2) is 0 Å². The van der Waals surface area contributed by atoms with Crippen LogP contribution < -0.4 is 5.32 Å². The van der Waals surface area contributed by atoms with Crippen LogP contribution in [-0.2, 0) is 4.57 Å². The van der Waals surface area contributed by atoms with Gasteiger partial charge in [0.1, 0.15) is 0 Å². The molecule has 2 N–H and O–H groups in total. The molecule has 2 atom stereocenters. The van der Waals surface area contributed by atoms with Crippen LogP contribution in [0.2, 0.25) is 0 Å². The summed E-state index contributed by atoms with van der Waals surface area (Å²) in [4.78, 5) is 9.45. The molecule has 0 saturated carbocycles. The van der Waals surface area contributed by atoms with Crippen molar-refractivity contribution in [3.8, 4) is 0 Å². The van der Waals surface area contributed by atoms with Crippen LogP contribution in [0.4, 0.5) is 0 Å². The summed E-state index contributed by atoms with van der Waals surface area (Å²) in [7, 11) is -1.25. The third kappa shape index (κ3) is 3.90. The fourth-order valence-electron chi connectivity index (χ4n) is 0.883. The van der Waals surface area contributed by atoms with Crippen molar-refractivity contribution >= 4 is 7.37 Å². The Morgan fingerprint density at radius 1 is 1.45 bits per heavy atom. The van der Waals surface area contributed by atoms with E-state index in [0.717, 1.165) is 0 Å². The van der Waals surface area contributed by atoms with Gasteiger partial charge >= 0.3 is 0 Å². The second kappa shape index (κ2) is 4.24. The Bertz CT molecular complexity index is 159. The molecule has 2 unspecified atom stereocenters. The maximum absolute atomic E-state index is 11.4. The predicted molar refractivity (Wildman–Crippen MR) is 48.1 cm³/mol. The first-order valence-electron chi connectivity index (χ1n) is 3.89. The Labute approximate surface area is 68.6 Å². The van der Waals surface area contributed by atoms with Crippen LogP contribution in [0, 0.1) is 5.92 Å². The molecule has 0 spiro atoms. The van der Waals surface area contributed by atoms with Crippen molar-refractivity contribution in [1.82, 2.24) is 5.32 Å². The molecular weight excluding hydrogens is 161 g/mol. The average molecular weight is 179 g/mol. The molecule has 0 aromatic rings. The molecule has 0 amide bonds. The van der Waals surface area contributed by atoms with Gasteiger partial charge in [-0.2, -0.15) is 0 Å². The third-order valence-corrected chi connectivity index (χ3v) is 4.37. The maximum Gasteiger partial charge on any atom is 0.216 e. The van der Waals surface area contributed by atoms with Crippen LogP contribution in [-0.4, -0.2) is 23.9 Å². The minimum atomic E-state index is -2.95. The Balaban J connectivity index is 4.10. The lowest BCUT2D eigenvalue weighted by atomic mass is 10.3. The van der Waals surface area contributed by atoms with Crippen LogP contribution in [0.25, 0.3) is 0 Å². The van der Waals surface area contributed by atoms with E-state index in [1.54, 1.807) is 14.0 Å². The molecule has 0 heterocycles. The highest BCUT2D eigenvalue weighted by molar-refractivity contribution is 7.58. The number of rotatable bonds is 4. The summed E-state index contributed by atoms with van der Waals surface area (Å²) in [6.45, 7) is 5.64. The molecule has 0 aliphatic carbocycles.